The Kier molecular flexibility index (Phi) is 5.60. The van der Waals surface area contributed by atoms with Crippen molar-refractivity contribution in [1.82, 2.24) is 10.1 Å². The molecule has 1 aliphatic rings. The highest BCUT2D eigenvalue weighted by Gasteiger charge is 2.39. The van der Waals surface area contributed by atoms with Crippen LogP contribution in [0.2, 0.25) is 0 Å². The van der Waals surface area contributed by atoms with Gasteiger partial charge in [0, 0.05) is 23.5 Å². The minimum absolute atomic E-state index is 0.0713. The highest BCUT2D eigenvalue weighted by atomic mass is 19.1. The molecule has 4 rings (SSSR count). The van der Waals surface area contributed by atoms with Crippen molar-refractivity contribution in [2.75, 3.05) is 23.4 Å². The first-order chi connectivity index (χ1) is 14.9. The second-order valence-corrected chi connectivity index (χ2v) is 6.72. The van der Waals surface area contributed by atoms with E-state index in [0.717, 1.165) is 0 Å². The largest absolute Gasteiger partial charge is 0.439 e. The molecule has 31 heavy (non-hydrogen) atoms. The van der Waals surface area contributed by atoms with Crippen LogP contribution in [0.5, 0.6) is 0 Å². The monoisotopic (exact) mass is 428 g/mol. The van der Waals surface area contributed by atoms with E-state index >= 15 is 0 Å². The summed E-state index contributed by atoms with van der Waals surface area (Å²) in [5, 5.41) is 16.5. The van der Waals surface area contributed by atoms with Crippen LogP contribution in [0, 0.1) is 5.82 Å². The van der Waals surface area contributed by atoms with Crippen molar-refractivity contribution >= 4 is 23.2 Å². The summed E-state index contributed by atoms with van der Waals surface area (Å²) in [6.45, 7) is 0.237. The van der Waals surface area contributed by atoms with E-state index < -0.39 is 35.6 Å². The van der Waals surface area contributed by atoms with Crippen LogP contribution in [-0.2, 0) is 14.3 Å². The first-order valence-electron chi connectivity index (χ1n) is 9.26. The number of nitrogens with one attached hydrogen (secondary N) is 2. The molecule has 2 amide bonds. The normalized spacial score (nSPS) is 17.4. The van der Waals surface area contributed by atoms with Gasteiger partial charge in [-0.2, -0.15) is 0 Å². The van der Waals surface area contributed by atoms with Gasteiger partial charge in [-0.05, 0) is 42.5 Å². The van der Waals surface area contributed by atoms with E-state index in [1.54, 1.807) is 18.2 Å². The van der Waals surface area contributed by atoms with Crippen molar-refractivity contribution in [3.05, 3.63) is 64.9 Å². The van der Waals surface area contributed by atoms with Gasteiger partial charge in [0.1, 0.15) is 5.82 Å². The van der Waals surface area contributed by atoms with E-state index in [9.17, 15) is 23.9 Å². The number of aromatic nitrogens is 2. The molecule has 160 valence electrons. The Balaban J connectivity index is 1.43. The lowest BCUT2D eigenvalue weighted by Crippen LogP contribution is -2.55. The van der Waals surface area contributed by atoms with Crippen molar-refractivity contribution in [2.45, 2.75) is 12.2 Å². The average Bonchev–Trinajstić information content (AvgIpc) is 3.20. The summed E-state index contributed by atoms with van der Waals surface area (Å²) in [5.74, 6) is -2.47. The van der Waals surface area contributed by atoms with Gasteiger partial charge in [0.15, 0.2) is 18.0 Å². The van der Waals surface area contributed by atoms with Crippen LogP contribution < -0.4 is 16.0 Å². The molecule has 1 aromatic heterocycles. The molecule has 0 radical (unpaired) electrons. The molecular formula is C20H17FN4O6. The molecule has 2 heterocycles. The van der Waals surface area contributed by atoms with Crippen LogP contribution in [0.4, 0.5) is 15.8 Å². The zero-order valence-corrected chi connectivity index (χ0v) is 15.9. The van der Waals surface area contributed by atoms with Gasteiger partial charge in [-0.25, -0.2) is 9.18 Å². The van der Waals surface area contributed by atoms with E-state index in [2.05, 4.69) is 20.0 Å². The number of halogens is 1. The summed E-state index contributed by atoms with van der Waals surface area (Å²) in [6.07, 6.45) is -3.22. The molecule has 1 fully saturated rings. The van der Waals surface area contributed by atoms with Crippen LogP contribution >= 0.6 is 0 Å². The van der Waals surface area contributed by atoms with Crippen molar-refractivity contribution < 1.29 is 28.3 Å². The SMILES string of the molecule is O=C(Nc1ccc(-c2noc(=O)[nH]2)cc1)[C@H](O)[C@H]1OCCN(c2cccc(F)c2)C1=O. The molecule has 0 saturated carbocycles. The van der Waals surface area contributed by atoms with Crippen molar-refractivity contribution in [3.63, 3.8) is 0 Å². The number of hydrogen-bond acceptors (Lipinski definition) is 7. The molecule has 1 saturated heterocycles. The van der Waals surface area contributed by atoms with Crippen molar-refractivity contribution in [3.8, 4) is 11.4 Å². The molecule has 3 aromatic rings. The summed E-state index contributed by atoms with van der Waals surface area (Å²) in [5.41, 5.74) is 1.19. The fourth-order valence-electron chi connectivity index (χ4n) is 3.15. The average molecular weight is 428 g/mol. The maximum Gasteiger partial charge on any atom is 0.439 e. The van der Waals surface area contributed by atoms with Crippen LogP contribution in [0.25, 0.3) is 11.4 Å². The van der Waals surface area contributed by atoms with Crippen LogP contribution in [-0.4, -0.2) is 52.4 Å². The zero-order valence-electron chi connectivity index (χ0n) is 15.9. The van der Waals surface area contributed by atoms with E-state index in [-0.39, 0.29) is 19.0 Å². The van der Waals surface area contributed by atoms with E-state index in [1.165, 1.54) is 35.2 Å². The Morgan fingerprint density at radius 1 is 1.26 bits per heavy atom. The number of carbonyl (C=O) groups excluding carboxylic acids is 2. The highest BCUT2D eigenvalue weighted by molar-refractivity contribution is 6.03. The molecule has 0 aliphatic carbocycles. The molecule has 10 nitrogen and oxygen atoms in total. The lowest BCUT2D eigenvalue weighted by atomic mass is 10.1. The first kappa shape index (κ1) is 20.4. The Bertz CT molecular complexity index is 1160. The Morgan fingerprint density at radius 2 is 2.03 bits per heavy atom. The van der Waals surface area contributed by atoms with Crippen LogP contribution in [0.15, 0.2) is 57.8 Å². The summed E-state index contributed by atoms with van der Waals surface area (Å²) in [4.78, 5) is 39.9. The van der Waals surface area contributed by atoms with Gasteiger partial charge in [0.2, 0.25) is 0 Å². The lowest BCUT2D eigenvalue weighted by Gasteiger charge is -2.34. The number of morpholine rings is 1. The molecule has 0 spiro atoms. The second kappa shape index (κ2) is 8.50. The number of carbonyl (C=O) groups is 2. The summed E-state index contributed by atoms with van der Waals surface area (Å²) in [7, 11) is 0. The standard InChI is InChI=1S/C20H17FN4O6/c21-12-2-1-3-14(10-12)25-8-9-30-16(19(25)28)15(26)18(27)22-13-6-4-11(5-7-13)17-23-20(29)31-24-17/h1-7,10,15-16,26H,8-9H2,(H,22,27)(H,23,24,29)/t15-,16-/m1/s1. The van der Waals surface area contributed by atoms with Gasteiger partial charge in [0.25, 0.3) is 11.8 Å². The molecule has 2 atom stereocenters. The van der Waals surface area contributed by atoms with E-state index in [0.29, 0.717) is 16.9 Å². The highest BCUT2D eigenvalue weighted by Crippen LogP contribution is 2.22. The van der Waals surface area contributed by atoms with Crippen molar-refractivity contribution in [1.29, 1.82) is 0 Å². The number of hydrogen-bond donors (Lipinski definition) is 3. The van der Waals surface area contributed by atoms with E-state index in [1.807, 2.05) is 0 Å². The predicted molar refractivity (Wildman–Crippen MR) is 106 cm³/mol. The van der Waals surface area contributed by atoms with Gasteiger partial charge in [-0.1, -0.05) is 11.2 Å². The topological polar surface area (TPSA) is 138 Å². The number of amides is 2. The summed E-state index contributed by atoms with van der Waals surface area (Å²) in [6, 6.07) is 11.7. The van der Waals surface area contributed by atoms with E-state index in [4.69, 9.17) is 4.74 Å². The van der Waals surface area contributed by atoms with Crippen molar-refractivity contribution in [2.24, 2.45) is 0 Å². The lowest BCUT2D eigenvalue weighted by molar-refractivity contribution is -0.150. The molecule has 1 aliphatic heterocycles. The molecule has 0 unspecified atom stereocenters. The van der Waals surface area contributed by atoms with Gasteiger partial charge in [-0.3, -0.25) is 19.1 Å². The third kappa shape index (κ3) is 4.37. The minimum Gasteiger partial charge on any atom is -0.380 e. The third-order valence-electron chi connectivity index (χ3n) is 4.66. The number of H-pyrrole nitrogens is 1. The number of aliphatic hydroxyl groups excluding tert-OH is 1. The zero-order chi connectivity index (χ0) is 22.0. The Morgan fingerprint density at radius 3 is 2.71 bits per heavy atom. The third-order valence-corrected chi connectivity index (χ3v) is 4.66. The van der Waals surface area contributed by atoms with Gasteiger partial charge in [0.05, 0.1) is 6.61 Å². The molecule has 0 bridgehead atoms. The number of ether oxygens (including phenoxy) is 1. The Hall–Kier alpha value is -3.83. The number of rotatable bonds is 5. The van der Waals surface area contributed by atoms with Crippen LogP contribution in [0.1, 0.15) is 0 Å². The van der Waals surface area contributed by atoms with Gasteiger partial charge < -0.3 is 20.1 Å². The summed E-state index contributed by atoms with van der Waals surface area (Å²) >= 11 is 0. The number of nitrogens with zero attached hydrogens (tertiary/aromatic N) is 2. The quantitative estimate of drug-likeness (QED) is 0.549. The fraction of sp³-hybridized carbons (Fsp3) is 0.200. The van der Waals surface area contributed by atoms with Gasteiger partial charge in [-0.15, -0.1) is 0 Å². The Labute approximate surface area is 174 Å². The number of aromatic amines is 1. The molecule has 2 aromatic carbocycles. The smallest absolute Gasteiger partial charge is 0.380 e. The first-order valence-corrected chi connectivity index (χ1v) is 9.26. The predicted octanol–water partition coefficient (Wildman–Crippen LogP) is 0.900. The maximum absolute atomic E-state index is 13.5. The molecule has 3 N–H and O–H groups in total. The molecule has 11 heteroatoms. The number of benzene rings is 2. The second-order valence-electron chi connectivity index (χ2n) is 6.72. The maximum atomic E-state index is 13.5. The minimum atomic E-state index is -1.78. The summed E-state index contributed by atoms with van der Waals surface area (Å²) < 4.78 is 23.3. The number of aliphatic hydroxyl groups is 1. The molecular weight excluding hydrogens is 411 g/mol. The number of anilines is 2. The fourth-order valence-corrected chi connectivity index (χ4v) is 3.15. The van der Waals surface area contributed by atoms with Gasteiger partial charge >= 0.3 is 5.76 Å². The van der Waals surface area contributed by atoms with Crippen LogP contribution in [0.3, 0.4) is 0 Å².